The minimum Gasteiger partial charge on any atom is -0.348 e. The first kappa shape index (κ1) is 16.0. The lowest BCUT2D eigenvalue weighted by Crippen LogP contribution is -2.28. The van der Waals surface area contributed by atoms with E-state index in [2.05, 4.69) is 41.0 Å². The van der Waals surface area contributed by atoms with E-state index in [1.807, 2.05) is 41.5 Å². The molecule has 2 aromatic rings. The van der Waals surface area contributed by atoms with Crippen LogP contribution in [0.25, 0.3) is 11.4 Å². The highest BCUT2D eigenvalue weighted by Gasteiger charge is 2.15. The van der Waals surface area contributed by atoms with Crippen LogP contribution in [0.4, 0.5) is 11.9 Å². The van der Waals surface area contributed by atoms with Crippen molar-refractivity contribution in [1.82, 2.24) is 30.4 Å². The first-order valence-corrected chi connectivity index (χ1v) is 7.09. The molecular formula is C14H22N8. The molecule has 2 rings (SSSR count). The Balaban J connectivity index is 2.28. The van der Waals surface area contributed by atoms with E-state index in [1.165, 1.54) is 0 Å². The van der Waals surface area contributed by atoms with Gasteiger partial charge < -0.3 is 10.6 Å². The average Bonchev–Trinajstić information content (AvgIpc) is 2.35. The normalized spacial score (nSPS) is 12.1. The van der Waals surface area contributed by atoms with E-state index in [1.54, 1.807) is 12.4 Å². The molecule has 2 aromatic heterocycles. The molecule has 0 atom stereocenters. The summed E-state index contributed by atoms with van der Waals surface area (Å²) in [6, 6.07) is 0. The number of anilines is 2. The molecule has 0 aromatic carbocycles. The first-order chi connectivity index (χ1) is 10.1. The summed E-state index contributed by atoms with van der Waals surface area (Å²) in [5, 5.41) is 22.3. The van der Waals surface area contributed by atoms with Gasteiger partial charge in [-0.25, -0.2) is 9.97 Å². The quantitative estimate of drug-likeness (QED) is 0.889. The predicted octanol–water partition coefficient (Wildman–Crippen LogP) is 2.14. The van der Waals surface area contributed by atoms with Gasteiger partial charge in [0.15, 0.2) is 0 Å². The minimum absolute atomic E-state index is 0.150. The molecule has 0 aliphatic carbocycles. The highest BCUT2D eigenvalue weighted by atomic mass is 15.3. The lowest BCUT2D eigenvalue weighted by molar-refractivity contribution is 0.621. The lowest BCUT2D eigenvalue weighted by Gasteiger charge is -2.20. The van der Waals surface area contributed by atoms with Crippen LogP contribution in [0.1, 0.15) is 41.5 Å². The fraction of sp³-hybridized carbons (Fsp3) is 0.571. The molecule has 0 saturated carbocycles. The number of hydrogen-bond acceptors (Lipinski definition) is 8. The smallest absolute Gasteiger partial charge is 0.243 e. The summed E-state index contributed by atoms with van der Waals surface area (Å²) in [6.45, 7) is 12.2. The van der Waals surface area contributed by atoms with E-state index in [0.29, 0.717) is 23.3 Å². The van der Waals surface area contributed by atoms with Crippen LogP contribution in [-0.4, -0.2) is 41.4 Å². The molecule has 0 fully saturated rings. The Kier molecular flexibility index (Phi) is 4.20. The monoisotopic (exact) mass is 302 g/mol. The molecule has 0 amide bonds. The number of nitrogens with one attached hydrogen (secondary N) is 2. The van der Waals surface area contributed by atoms with Gasteiger partial charge >= 0.3 is 0 Å². The highest BCUT2D eigenvalue weighted by molar-refractivity contribution is 5.54. The summed E-state index contributed by atoms with van der Waals surface area (Å²) in [5.74, 6) is 0.905. The molecule has 0 aliphatic rings. The zero-order chi connectivity index (χ0) is 16.4. The largest absolute Gasteiger partial charge is 0.348 e. The zero-order valence-corrected chi connectivity index (χ0v) is 13.8. The van der Waals surface area contributed by atoms with Crippen molar-refractivity contribution in [1.29, 1.82) is 0 Å². The molecule has 2 heterocycles. The van der Waals surface area contributed by atoms with Crippen LogP contribution in [0.15, 0.2) is 12.4 Å². The maximum atomic E-state index is 4.42. The van der Waals surface area contributed by atoms with Crippen LogP contribution >= 0.6 is 0 Å². The van der Waals surface area contributed by atoms with E-state index in [-0.39, 0.29) is 11.1 Å². The molecule has 0 spiro atoms. The maximum absolute atomic E-state index is 4.42. The maximum Gasteiger partial charge on any atom is 0.243 e. The Morgan fingerprint density at radius 3 is 1.36 bits per heavy atom. The summed E-state index contributed by atoms with van der Waals surface area (Å²) < 4.78 is 0. The van der Waals surface area contributed by atoms with Crippen LogP contribution in [0, 0.1) is 0 Å². The molecule has 0 radical (unpaired) electrons. The van der Waals surface area contributed by atoms with Crippen molar-refractivity contribution in [3.8, 4) is 11.4 Å². The van der Waals surface area contributed by atoms with Crippen LogP contribution in [0.2, 0.25) is 0 Å². The molecule has 22 heavy (non-hydrogen) atoms. The average molecular weight is 302 g/mol. The van der Waals surface area contributed by atoms with Gasteiger partial charge in [0.2, 0.25) is 11.9 Å². The van der Waals surface area contributed by atoms with Gasteiger partial charge in [-0.2, -0.15) is 10.2 Å². The van der Waals surface area contributed by atoms with E-state index >= 15 is 0 Å². The number of nitrogens with zero attached hydrogens (tertiary/aromatic N) is 6. The molecule has 0 aliphatic heterocycles. The summed E-state index contributed by atoms with van der Waals surface area (Å²) >= 11 is 0. The third kappa shape index (κ3) is 4.87. The molecule has 0 unspecified atom stereocenters. The van der Waals surface area contributed by atoms with Crippen molar-refractivity contribution in [3.63, 3.8) is 0 Å². The fourth-order valence-electron chi connectivity index (χ4n) is 1.63. The van der Waals surface area contributed by atoms with E-state index < -0.39 is 0 Å². The van der Waals surface area contributed by atoms with Gasteiger partial charge in [-0.05, 0) is 41.5 Å². The van der Waals surface area contributed by atoms with Crippen molar-refractivity contribution >= 4 is 11.9 Å². The SMILES string of the molecule is CC(C)(C)Nc1nncc(-c2cnnc(NC(C)(C)C)n2)n1. The van der Waals surface area contributed by atoms with Gasteiger partial charge in [-0.15, -0.1) is 10.2 Å². The van der Waals surface area contributed by atoms with Gasteiger partial charge in [0.25, 0.3) is 0 Å². The third-order valence-electron chi connectivity index (χ3n) is 2.35. The number of rotatable bonds is 3. The van der Waals surface area contributed by atoms with E-state index in [9.17, 15) is 0 Å². The Labute approximate surface area is 130 Å². The number of aromatic nitrogens is 6. The number of hydrogen-bond donors (Lipinski definition) is 2. The zero-order valence-electron chi connectivity index (χ0n) is 13.8. The molecule has 8 nitrogen and oxygen atoms in total. The minimum atomic E-state index is -0.150. The summed E-state index contributed by atoms with van der Waals surface area (Å²) in [6.07, 6.45) is 3.11. The molecule has 118 valence electrons. The molecule has 0 saturated heterocycles. The topological polar surface area (TPSA) is 101 Å². The van der Waals surface area contributed by atoms with Gasteiger partial charge in [0, 0.05) is 11.1 Å². The first-order valence-electron chi connectivity index (χ1n) is 7.09. The highest BCUT2D eigenvalue weighted by Crippen LogP contribution is 2.17. The molecule has 0 bridgehead atoms. The van der Waals surface area contributed by atoms with Gasteiger partial charge in [-0.3, -0.25) is 0 Å². The van der Waals surface area contributed by atoms with Crippen LogP contribution in [0.5, 0.6) is 0 Å². The van der Waals surface area contributed by atoms with Crippen LogP contribution < -0.4 is 10.6 Å². The van der Waals surface area contributed by atoms with Crippen molar-refractivity contribution in [2.24, 2.45) is 0 Å². The summed E-state index contributed by atoms with van der Waals surface area (Å²) in [5.41, 5.74) is 0.883. The van der Waals surface area contributed by atoms with Crippen molar-refractivity contribution < 1.29 is 0 Å². The van der Waals surface area contributed by atoms with E-state index in [4.69, 9.17) is 0 Å². The van der Waals surface area contributed by atoms with Crippen LogP contribution in [-0.2, 0) is 0 Å². The molecule has 8 heteroatoms. The summed E-state index contributed by atoms with van der Waals surface area (Å²) in [7, 11) is 0. The second kappa shape index (κ2) is 5.78. The Morgan fingerprint density at radius 2 is 1.05 bits per heavy atom. The Hall–Kier alpha value is -2.38. The Morgan fingerprint density at radius 1 is 0.682 bits per heavy atom. The predicted molar refractivity (Wildman–Crippen MR) is 85.4 cm³/mol. The van der Waals surface area contributed by atoms with Crippen molar-refractivity contribution in [2.45, 2.75) is 52.6 Å². The van der Waals surface area contributed by atoms with Crippen molar-refractivity contribution in [2.75, 3.05) is 10.6 Å². The van der Waals surface area contributed by atoms with Crippen LogP contribution in [0.3, 0.4) is 0 Å². The Bertz CT molecular complexity index is 584. The van der Waals surface area contributed by atoms with E-state index in [0.717, 1.165) is 0 Å². The standard InChI is InChI=1S/C14H22N8/c1-13(2,3)19-11-17-9(7-15-21-11)10-8-16-22-12(18-10)20-14(4,5)6/h7-8H,1-6H3,(H,17,19,21)(H,18,20,22). The fourth-order valence-corrected chi connectivity index (χ4v) is 1.63. The molecular weight excluding hydrogens is 280 g/mol. The van der Waals surface area contributed by atoms with Gasteiger partial charge in [-0.1, -0.05) is 0 Å². The van der Waals surface area contributed by atoms with Crippen molar-refractivity contribution in [3.05, 3.63) is 12.4 Å². The summed E-state index contributed by atoms with van der Waals surface area (Å²) in [4.78, 5) is 8.85. The second-order valence-corrected chi connectivity index (χ2v) is 7.08. The second-order valence-electron chi connectivity index (χ2n) is 7.08. The molecule has 2 N–H and O–H groups in total. The van der Waals surface area contributed by atoms with Gasteiger partial charge in [0.1, 0.15) is 11.4 Å². The van der Waals surface area contributed by atoms with Gasteiger partial charge in [0.05, 0.1) is 12.4 Å². The third-order valence-corrected chi connectivity index (χ3v) is 2.35. The lowest BCUT2D eigenvalue weighted by atomic mass is 10.1.